The van der Waals surface area contributed by atoms with Gasteiger partial charge in [0.2, 0.25) is 5.91 Å². The number of anilines is 2. The number of carbonyl (C=O) groups excluding carboxylic acids is 2. The fourth-order valence-corrected chi connectivity index (χ4v) is 2.35. The van der Waals surface area contributed by atoms with Gasteiger partial charge in [-0.25, -0.2) is 4.79 Å². The normalized spacial score (nSPS) is 10.3. The van der Waals surface area contributed by atoms with E-state index in [-0.39, 0.29) is 18.4 Å². The van der Waals surface area contributed by atoms with Gasteiger partial charge in [-0.1, -0.05) is 12.1 Å². The van der Waals surface area contributed by atoms with Gasteiger partial charge >= 0.3 is 5.97 Å². The summed E-state index contributed by atoms with van der Waals surface area (Å²) in [5, 5.41) is 5.93. The summed E-state index contributed by atoms with van der Waals surface area (Å²) in [6.45, 7) is 4.32. The average Bonchev–Trinajstić information content (AvgIpc) is 2.62. The number of rotatable bonds is 8. The van der Waals surface area contributed by atoms with Gasteiger partial charge in [0.05, 0.1) is 18.8 Å². The molecule has 2 aromatic rings. The molecular formula is C20H24N2O4. The number of carbonyl (C=O) groups is 2. The predicted molar refractivity (Wildman–Crippen MR) is 102 cm³/mol. The molecule has 0 spiro atoms. The van der Waals surface area contributed by atoms with Crippen LogP contribution >= 0.6 is 0 Å². The van der Waals surface area contributed by atoms with Crippen molar-refractivity contribution in [1.82, 2.24) is 0 Å². The van der Waals surface area contributed by atoms with Crippen molar-refractivity contribution in [2.45, 2.75) is 26.4 Å². The Morgan fingerprint density at radius 1 is 1.04 bits per heavy atom. The smallest absolute Gasteiger partial charge is 0.339 e. The van der Waals surface area contributed by atoms with Gasteiger partial charge in [-0.05, 0) is 50.2 Å². The fourth-order valence-electron chi connectivity index (χ4n) is 2.35. The predicted octanol–water partition coefficient (Wildman–Crippen LogP) is 3.70. The Balaban J connectivity index is 1.83. The average molecular weight is 356 g/mol. The van der Waals surface area contributed by atoms with Crippen LogP contribution in [-0.4, -0.2) is 31.6 Å². The molecule has 138 valence electrons. The van der Waals surface area contributed by atoms with E-state index in [0.29, 0.717) is 23.5 Å². The van der Waals surface area contributed by atoms with Crippen LogP contribution in [0.1, 0.15) is 30.6 Å². The summed E-state index contributed by atoms with van der Waals surface area (Å²) in [5.41, 5.74) is 1.79. The number of methoxy groups -OCH3 is 1. The molecule has 0 fully saturated rings. The van der Waals surface area contributed by atoms with Gasteiger partial charge < -0.3 is 20.1 Å². The van der Waals surface area contributed by atoms with Crippen molar-refractivity contribution in [3.05, 3.63) is 54.1 Å². The molecule has 0 radical (unpaired) electrons. The van der Waals surface area contributed by atoms with E-state index < -0.39 is 5.97 Å². The van der Waals surface area contributed by atoms with Crippen LogP contribution in [0.15, 0.2) is 48.5 Å². The lowest BCUT2D eigenvalue weighted by Gasteiger charge is -2.12. The number of hydrogen-bond donors (Lipinski definition) is 2. The summed E-state index contributed by atoms with van der Waals surface area (Å²) < 4.78 is 10.3. The molecule has 1 amide bonds. The number of hydrogen-bond acceptors (Lipinski definition) is 5. The highest BCUT2D eigenvalue weighted by molar-refractivity contribution is 5.95. The number of ether oxygens (including phenoxy) is 2. The summed E-state index contributed by atoms with van der Waals surface area (Å²) in [6.07, 6.45) is 0.370. The van der Waals surface area contributed by atoms with Crippen molar-refractivity contribution >= 4 is 23.3 Å². The van der Waals surface area contributed by atoms with Crippen molar-refractivity contribution < 1.29 is 19.1 Å². The highest BCUT2D eigenvalue weighted by atomic mass is 16.5. The maximum Gasteiger partial charge on any atom is 0.339 e. The first-order valence-electron chi connectivity index (χ1n) is 8.47. The van der Waals surface area contributed by atoms with Crippen molar-refractivity contribution in [3.63, 3.8) is 0 Å². The number of nitrogens with one attached hydrogen (secondary N) is 2. The maximum atomic E-state index is 12.1. The molecule has 0 aliphatic carbocycles. The van der Waals surface area contributed by atoms with Crippen molar-refractivity contribution in [2.75, 3.05) is 24.3 Å². The molecule has 0 aliphatic rings. The lowest BCUT2D eigenvalue weighted by Crippen LogP contribution is -2.17. The van der Waals surface area contributed by atoms with Crippen LogP contribution in [0.5, 0.6) is 5.75 Å². The highest BCUT2D eigenvalue weighted by Gasteiger charge is 2.11. The van der Waals surface area contributed by atoms with Crippen LogP contribution in [0.25, 0.3) is 0 Å². The van der Waals surface area contributed by atoms with Gasteiger partial charge in [0, 0.05) is 24.3 Å². The monoisotopic (exact) mass is 356 g/mol. The lowest BCUT2D eigenvalue weighted by molar-refractivity contribution is -0.115. The van der Waals surface area contributed by atoms with E-state index in [1.54, 1.807) is 30.3 Å². The Bertz CT molecular complexity index is 742. The van der Waals surface area contributed by atoms with E-state index in [1.165, 1.54) is 7.11 Å². The minimum absolute atomic E-state index is 0.106. The number of esters is 1. The van der Waals surface area contributed by atoms with E-state index in [2.05, 4.69) is 10.6 Å². The first kappa shape index (κ1) is 19.3. The summed E-state index contributed by atoms with van der Waals surface area (Å²) in [4.78, 5) is 23.8. The SMILES string of the molecule is COC(=O)c1ccccc1NCCC(=O)Nc1ccc(OC(C)C)cc1. The molecule has 6 heteroatoms. The molecule has 0 saturated heterocycles. The van der Waals surface area contributed by atoms with Gasteiger partial charge in [-0.15, -0.1) is 0 Å². The highest BCUT2D eigenvalue weighted by Crippen LogP contribution is 2.18. The van der Waals surface area contributed by atoms with Crippen molar-refractivity contribution in [1.29, 1.82) is 0 Å². The summed E-state index contributed by atoms with van der Waals surface area (Å²) in [6, 6.07) is 14.3. The van der Waals surface area contributed by atoms with Crippen LogP contribution in [0, 0.1) is 0 Å². The minimum Gasteiger partial charge on any atom is -0.491 e. The summed E-state index contributed by atoms with van der Waals surface area (Å²) in [7, 11) is 1.34. The van der Waals surface area contributed by atoms with E-state index >= 15 is 0 Å². The second-order valence-electron chi connectivity index (χ2n) is 5.95. The molecular weight excluding hydrogens is 332 g/mol. The standard InChI is InChI=1S/C20H24N2O4/c1-14(2)26-16-10-8-15(9-11-16)22-19(23)12-13-21-18-7-5-4-6-17(18)20(24)25-3/h4-11,14,21H,12-13H2,1-3H3,(H,22,23). The summed E-state index contributed by atoms with van der Waals surface area (Å²) >= 11 is 0. The summed E-state index contributed by atoms with van der Waals surface area (Å²) in [5.74, 6) is 0.228. The first-order chi connectivity index (χ1) is 12.5. The Kier molecular flexibility index (Phi) is 7.02. The topological polar surface area (TPSA) is 76.7 Å². The van der Waals surface area contributed by atoms with Gasteiger partial charge in [-0.3, -0.25) is 4.79 Å². The molecule has 0 unspecified atom stereocenters. The molecule has 6 nitrogen and oxygen atoms in total. The third-order valence-electron chi connectivity index (χ3n) is 3.51. The minimum atomic E-state index is -0.416. The number of amides is 1. The zero-order chi connectivity index (χ0) is 18.9. The fraction of sp³-hybridized carbons (Fsp3) is 0.300. The van der Waals surface area contributed by atoms with E-state index in [9.17, 15) is 9.59 Å². The Morgan fingerprint density at radius 3 is 2.38 bits per heavy atom. The lowest BCUT2D eigenvalue weighted by atomic mass is 10.2. The molecule has 26 heavy (non-hydrogen) atoms. The molecule has 0 aliphatic heterocycles. The second-order valence-corrected chi connectivity index (χ2v) is 5.95. The largest absolute Gasteiger partial charge is 0.491 e. The van der Waals surface area contributed by atoms with Crippen LogP contribution in [0.2, 0.25) is 0 Å². The molecule has 0 aromatic heterocycles. The zero-order valence-electron chi connectivity index (χ0n) is 15.2. The van der Waals surface area contributed by atoms with E-state index in [4.69, 9.17) is 9.47 Å². The third-order valence-corrected chi connectivity index (χ3v) is 3.51. The number of para-hydroxylation sites is 1. The van der Waals surface area contributed by atoms with Gasteiger partial charge in [0.15, 0.2) is 0 Å². The van der Waals surface area contributed by atoms with E-state index in [1.807, 2.05) is 32.0 Å². The van der Waals surface area contributed by atoms with Crippen molar-refractivity contribution in [2.24, 2.45) is 0 Å². The molecule has 2 rings (SSSR count). The maximum absolute atomic E-state index is 12.1. The van der Waals surface area contributed by atoms with E-state index in [0.717, 1.165) is 5.75 Å². The number of benzene rings is 2. The van der Waals surface area contributed by atoms with Gasteiger partial charge in [-0.2, -0.15) is 0 Å². The van der Waals surface area contributed by atoms with Crippen LogP contribution in [-0.2, 0) is 9.53 Å². The van der Waals surface area contributed by atoms with Gasteiger partial charge in [0.25, 0.3) is 0 Å². The van der Waals surface area contributed by atoms with Crippen LogP contribution < -0.4 is 15.4 Å². The Morgan fingerprint density at radius 2 is 1.73 bits per heavy atom. The molecule has 0 atom stereocenters. The van der Waals surface area contributed by atoms with Crippen LogP contribution in [0.4, 0.5) is 11.4 Å². The Hall–Kier alpha value is -3.02. The molecule has 2 N–H and O–H groups in total. The second kappa shape index (κ2) is 9.46. The zero-order valence-corrected chi connectivity index (χ0v) is 15.2. The quantitative estimate of drug-likeness (QED) is 0.705. The molecule has 0 heterocycles. The molecule has 2 aromatic carbocycles. The molecule has 0 saturated carbocycles. The van der Waals surface area contributed by atoms with Crippen LogP contribution in [0.3, 0.4) is 0 Å². The third kappa shape index (κ3) is 5.81. The molecule has 0 bridgehead atoms. The Labute approximate surface area is 153 Å². The van der Waals surface area contributed by atoms with Crippen molar-refractivity contribution in [3.8, 4) is 5.75 Å². The first-order valence-corrected chi connectivity index (χ1v) is 8.47. The van der Waals surface area contributed by atoms with Gasteiger partial charge in [0.1, 0.15) is 5.75 Å².